The van der Waals surface area contributed by atoms with E-state index in [0.29, 0.717) is 48.3 Å². The van der Waals surface area contributed by atoms with Gasteiger partial charge in [-0.05, 0) is 12.5 Å². The number of carbonyl (C=O) groups excluding carboxylic acids is 1. The van der Waals surface area contributed by atoms with E-state index in [-0.39, 0.29) is 5.82 Å². The number of nitrogens with zero attached hydrogens (tertiary/aromatic N) is 4. The first-order valence-electron chi connectivity index (χ1n) is 9.73. The van der Waals surface area contributed by atoms with E-state index in [2.05, 4.69) is 4.98 Å². The van der Waals surface area contributed by atoms with E-state index < -0.39 is 41.8 Å². The van der Waals surface area contributed by atoms with Crippen LogP contribution in [0.25, 0.3) is 0 Å². The normalized spacial score (nSPS) is 22.5. The minimum atomic E-state index is -5.01. The largest absolute Gasteiger partial charge is 0.420 e. The van der Waals surface area contributed by atoms with E-state index in [9.17, 15) is 27.9 Å². The quantitative estimate of drug-likeness (QED) is 0.776. The Hall–Kier alpha value is -2.92. The summed E-state index contributed by atoms with van der Waals surface area (Å²) in [5, 5.41) is 10.6. The SMILES string of the molecule is C[C@@]1(C(F)(F)F)C(=O)n2c(nc(N3CCOCC3)cc2=O)N1C[C@H](O)c1ccccc1. The van der Waals surface area contributed by atoms with Crippen LogP contribution in [0.1, 0.15) is 23.4 Å². The molecule has 1 aromatic heterocycles. The number of rotatable bonds is 4. The van der Waals surface area contributed by atoms with Gasteiger partial charge >= 0.3 is 6.18 Å². The molecule has 0 bridgehead atoms. The molecule has 2 aliphatic heterocycles. The van der Waals surface area contributed by atoms with Crippen molar-refractivity contribution in [1.29, 1.82) is 0 Å². The van der Waals surface area contributed by atoms with E-state index in [1.54, 1.807) is 35.2 Å². The van der Waals surface area contributed by atoms with Gasteiger partial charge in [-0.1, -0.05) is 30.3 Å². The van der Waals surface area contributed by atoms with Crippen molar-refractivity contribution in [2.24, 2.45) is 0 Å². The highest BCUT2D eigenvalue weighted by Crippen LogP contribution is 2.44. The van der Waals surface area contributed by atoms with Gasteiger partial charge in [0.1, 0.15) is 5.82 Å². The number of alkyl halides is 3. The van der Waals surface area contributed by atoms with Crippen LogP contribution in [-0.2, 0) is 4.74 Å². The molecule has 2 aliphatic rings. The summed E-state index contributed by atoms with van der Waals surface area (Å²) in [6.45, 7) is 1.71. The third kappa shape index (κ3) is 3.47. The summed E-state index contributed by atoms with van der Waals surface area (Å²) in [7, 11) is 0. The number of halogens is 3. The number of aliphatic hydroxyl groups excluding tert-OH is 1. The maximum absolute atomic E-state index is 14.1. The monoisotopic (exact) mass is 438 g/mol. The van der Waals surface area contributed by atoms with Gasteiger partial charge in [0.25, 0.3) is 11.5 Å². The number of fused-ring (bicyclic) bond motifs is 1. The molecule has 0 aliphatic carbocycles. The first-order chi connectivity index (χ1) is 14.6. The van der Waals surface area contributed by atoms with Crippen molar-refractivity contribution in [1.82, 2.24) is 9.55 Å². The van der Waals surface area contributed by atoms with E-state index in [0.717, 1.165) is 6.07 Å². The molecule has 166 valence electrons. The molecule has 3 heterocycles. The first-order valence-corrected chi connectivity index (χ1v) is 9.73. The maximum Gasteiger partial charge on any atom is 0.420 e. The number of anilines is 2. The molecule has 31 heavy (non-hydrogen) atoms. The van der Waals surface area contributed by atoms with E-state index in [1.165, 1.54) is 0 Å². The number of aromatic nitrogens is 2. The number of morpholine rings is 1. The molecule has 0 amide bonds. The summed E-state index contributed by atoms with van der Waals surface area (Å²) in [6, 6.07) is 9.19. The average molecular weight is 438 g/mol. The van der Waals surface area contributed by atoms with Crippen molar-refractivity contribution in [3.8, 4) is 0 Å². The van der Waals surface area contributed by atoms with Gasteiger partial charge in [-0.2, -0.15) is 18.2 Å². The van der Waals surface area contributed by atoms with Crippen molar-refractivity contribution < 1.29 is 27.8 Å². The zero-order valence-electron chi connectivity index (χ0n) is 16.7. The summed E-state index contributed by atoms with van der Waals surface area (Å²) in [5.74, 6) is -1.71. The highest BCUT2D eigenvalue weighted by Gasteiger charge is 2.66. The number of ether oxygens (including phenoxy) is 1. The van der Waals surface area contributed by atoms with Crippen molar-refractivity contribution in [3.05, 3.63) is 52.3 Å². The lowest BCUT2D eigenvalue weighted by molar-refractivity contribution is -0.167. The average Bonchev–Trinajstić information content (AvgIpc) is 2.97. The lowest BCUT2D eigenvalue weighted by Gasteiger charge is -2.36. The fourth-order valence-corrected chi connectivity index (χ4v) is 3.81. The molecule has 0 unspecified atom stereocenters. The van der Waals surface area contributed by atoms with E-state index in [4.69, 9.17) is 4.74 Å². The van der Waals surface area contributed by atoms with Gasteiger partial charge in [0.15, 0.2) is 0 Å². The molecule has 2 atom stereocenters. The number of benzene rings is 1. The van der Waals surface area contributed by atoms with Crippen LogP contribution in [0.4, 0.5) is 24.9 Å². The fraction of sp³-hybridized carbons (Fsp3) is 0.450. The molecule has 1 N–H and O–H groups in total. The van der Waals surface area contributed by atoms with Gasteiger partial charge in [0, 0.05) is 19.2 Å². The molecule has 1 saturated heterocycles. The molecule has 8 nitrogen and oxygen atoms in total. The fourth-order valence-electron chi connectivity index (χ4n) is 3.81. The number of aliphatic hydroxyl groups is 1. The Labute approximate surface area is 175 Å². The molecule has 4 rings (SSSR count). The highest BCUT2D eigenvalue weighted by atomic mass is 19.4. The van der Waals surface area contributed by atoms with Crippen molar-refractivity contribution in [3.63, 3.8) is 0 Å². The number of carbonyl (C=O) groups is 1. The Morgan fingerprint density at radius 1 is 1.19 bits per heavy atom. The Balaban J connectivity index is 1.81. The van der Waals surface area contributed by atoms with Crippen LogP contribution in [0.15, 0.2) is 41.2 Å². The topological polar surface area (TPSA) is 87.9 Å². The molecule has 0 spiro atoms. The Bertz CT molecular complexity index is 1040. The molecule has 1 fully saturated rings. The maximum atomic E-state index is 14.1. The predicted octanol–water partition coefficient (Wildman–Crippen LogP) is 1.59. The lowest BCUT2D eigenvalue weighted by atomic mass is 9.98. The van der Waals surface area contributed by atoms with Gasteiger partial charge < -0.3 is 19.6 Å². The van der Waals surface area contributed by atoms with Crippen LogP contribution < -0.4 is 15.4 Å². The van der Waals surface area contributed by atoms with Crippen molar-refractivity contribution in [2.45, 2.75) is 24.7 Å². The zero-order valence-corrected chi connectivity index (χ0v) is 16.7. The van der Waals surface area contributed by atoms with Crippen LogP contribution in [0.5, 0.6) is 0 Å². The van der Waals surface area contributed by atoms with Crippen molar-refractivity contribution >= 4 is 17.7 Å². The minimum absolute atomic E-state index is 0.165. The Morgan fingerprint density at radius 3 is 2.45 bits per heavy atom. The Kier molecular flexibility index (Phi) is 5.26. The number of β-amino-alcohol motifs (C(OH)–C–C–N with tert-alkyl or cyclic N) is 1. The predicted molar refractivity (Wildman–Crippen MR) is 105 cm³/mol. The van der Waals surface area contributed by atoms with Gasteiger partial charge in [0.2, 0.25) is 11.5 Å². The van der Waals surface area contributed by atoms with Gasteiger partial charge in [0.05, 0.1) is 25.9 Å². The second-order valence-electron chi connectivity index (χ2n) is 7.60. The summed E-state index contributed by atoms with van der Waals surface area (Å²) in [4.78, 5) is 32.2. The molecule has 11 heteroatoms. The third-order valence-corrected chi connectivity index (χ3v) is 5.72. The molecule has 2 aromatic rings. The van der Waals surface area contributed by atoms with Crippen LogP contribution in [0, 0.1) is 0 Å². The smallest absolute Gasteiger partial charge is 0.387 e. The number of hydrogen-bond donors (Lipinski definition) is 1. The zero-order chi connectivity index (χ0) is 22.4. The number of hydrogen-bond acceptors (Lipinski definition) is 7. The van der Waals surface area contributed by atoms with Gasteiger partial charge in [-0.25, -0.2) is 4.57 Å². The first kappa shape index (κ1) is 21.3. The summed E-state index contributed by atoms with van der Waals surface area (Å²) in [6.07, 6.45) is -6.36. The van der Waals surface area contributed by atoms with Gasteiger partial charge in [-0.3, -0.25) is 9.59 Å². The molecule has 1 aromatic carbocycles. The molecular weight excluding hydrogens is 417 g/mol. The third-order valence-electron chi connectivity index (χ3n) is 5.72. The minimum Gasteiger partial charge on any atom is -0.387 e. The lowest BCUT2D eigenvalue weighted by Crippen LogP contribution is -2.60. The van der Waals surface area contributed by atoms with E-state index in [1.807, 2.05) is 0 Å². The van der Waals surface area contributed by atoms with Crippen LogP contribution in [-0.4, -0.2) is 65.1 Å². The molecule has 0 radical (unpaired) electrons. The van der Waals surface area contributed by atoms with Gasteiger partial charge in [-0.15, -0.1) is 0 Å². The molecular formula is C20H21F3N4O4. The standard InChI is InChI=1S/C20H21F3N4O4/c1-19(20(21,22)23)17(30)27-16(29)11-15(25-7-9-31-10-8-25)24-18(27)26(19)12-14(28)13-5-3-2-4-6-13/h2-6,11,14,28H,7-10,12H2,1H3/t14-,19-/m0/s1. The van der Waals surface area contributed by atoms with Crippen LogP contribution >= 0.6 is 0 Å². The second kappa shape index (κ2) is 7.65. The summed E-state index contributed by atoms with van der Waals surface area (Å²) >= 11 is 0. The summed E-state index contributed by atoms with van der Waals surface area (Å²) < 4.78 is 48.1. The molecule has 0 saturated carbocycles. The van der Waals surface area contributed by atoms with Crippen LogP contribution in [0.2, 0.25) is 0 Å². The second-order valence-corrected chi connectivity index (χ2v) is 7.60. The Morgan fingerprint density at radius 2 is 1.84 bits per heavy atom. The highest BCUT2D eigenvalue weighted by molar-refractivity contribution is 5.98. The van der Waals surface area contributed by atoms with Crippen LogP contribution in [0.3, 0.4) is 0 Å². The van der Waals surface area contributed by atoms with Crippen molar-refractivity contribution in [2.75, 3.05) is 42.6 Å². The van der Waals surface area contributed by atoms with E-state index >= 15 is 0 Å². The summed E-state index contributed by atoms with van der Waals surface area (Å²) in [5.41, 5.74) is -3.57.